The van der Waals surface area contributed by atoms with Gasteiger partial charge in [0.2, 0.25) is 5.91 Å². The maximum Gasteiger partial charge on any atom is 0.222 e. The predicted octanol–water partition coefficient (Wildman–Crippen LogP) is 1.80. The molecule has 0 spiro atoms. The molecular formula is C19H41FN2O5. The number of amides is 1. The van der Waals surface area contributed by atoms with Gasteiger partial charge in [0.25, 0.3) is 0 Å². The van der Waals surface area contributed by atoms with Crippen LogP contribution in [0.1, 0.15) is 34.6 Å². The van der Waals surface area contributed by atoms with Crippen LogP contribution < -0.4 is 10.6 Å². The Morgan fingerprint density at radius 1 is 0.889 bits per heavy atom. The highest BCUT2D eigenvalue weighted by atomic mass is 19.1. The zero-order chi connectivity index (χ0) is 20.9. The summed E-state index contributed by atoms with van der Waals surface area (Å²) in [5.41, 5.74) is 0. The monoisotopic (exact) mass is 396 g/mol. The van der Waals surface area contributed by atoms with Crippen LogP contribution in [0.15, 0.2) is 0 Å². The zero-order valence-corrected chi connectivity index (χ0v) is 18.0. The summed E-state index contributed by atoms with van der Waals surface area (Å²) >= 11 is 0. The van der Waals surface area contributed by atoms with Crippen molar-refractivity contribution >= 4 is 5.91 Å². The molecule has 2 atom stereocenters. The molecule has 7 nitrogen and oxygen atoms in total. The lowest BCUT2D eigenvalue weighted by atomic mass is 10.2. The van der Waals surface area contributed by atoms with Crippen molar-refractivity contribution in [1.82, 2.24) is 10.6 Å². The molecule has 0 radical (unpaired) electrons. The van der Waals surface area contributed by atoms with E-state index in [2.05, 4.69) is 10.6 Å². The summed E-state index contributed by atoms with van der Waals surface area (Å²) in [5, 5.41) is 5.54. The topological polar surface area (TPSA) is 78.1 Å². The number of carbonyl (C=O) groups is 1. The summed E-state index contributed by atoms with van der Waals surface area (Å²) in [6, 6.07) is 0. The van der Waals surface area contributed by atoms with E-state index < -0.39 is 12.3 Å². The third-order valence-corrected chi connectivity index (χ3v) is 3.35. The number of nitrogens with one attached hydrogen (secondary N) is 2. The molecule has 0 aliphatic rings. The number of ether oxygens (including phenoxy) is 4. The normalized spacial score (nSPS) is 13.0. The Morgan fingerprint density at radius 2 is 1.37 bits per heavy atom. The fourth-order valence-electron chi connectivity index (χ4n) is 1.68. The van der Waals surface area contributed by atoms with E-state index in [4.69, 9.17) is 18.9 Å². The van der Waals surface area contributed by atoms with Crippen LogP contribution in [-0.2, 0) is 23.7 Å². The van der Waals surface area contributed by atoms with Crippen molar-refractivity contribution in [3.8, 4) is 0 Å². The molecule has 0 heterocycles. The lowest BCUT2D eigenvalue weighted by molar-refractivity contribution is -0.124. The van der Waals surface area contributed by atoms with Gasteiger partial charge < -0.3 is 29.6 Å². The van der Waals surface area contributed by atoms with Gasteiger partial charge in [-0.3, -0.25) is 4.79 Å². The van der Waals surface area contributed by atoms with E-state index in [0.717, 1.165) is 6.54 Å². The highest BCUT2D eigenvalue weighted by Gasteiger charge is 2.18. The first-order valence-corrected chi connectivity index (χ1v) is 9.90. The minimum Gasteiger partial charge on any atom is -0.378 e. The lowest BCUT2D eigenvalue weighted by Crippen LogP contribution is -2.38. The van der Waals surface area contributed by atoms with Crippen LogP contribution in [0.4, 0.5) is 4.39 Å². The van der Waals surface area contributed by atoms with Gasteiger partial charge in [-0.15, -0.1) is 0 Å². The Labute approximate surface area is 164 Å². The summed E-state index contributed by atoms with van der Waals surface area (Å²) in [7, 11) is 1.88. The van der Waals surface area contributed by atoms with Gasteiger partial charge in [0.15, 0.2) is 0 Å². The fraction of sp³-hybridized carbons (Fsp3) is 0.947. The van der Waals surface area contributed by atoms with Crippen LogP contribution in [-0.4, -0.2) is 84.6 Å². The molecule has 0 bridgehead atoms. The summed E-state index contributed by atoms with van der Waals surface area (Å²) in [5.74, 6) is -0.315. The molecule has 0 aliphatic carbocycles. The van der Waals surface area contributed by atoms with Crippen molar-refractivity contribution < 1.29 is 28.1 Å². The van der Waals surface area contributed by atoms with Gasteiger partial charge in [0.05, 0.1) is 58.9 Å². The molecule has 164 valence electrons. The molecule has 2 N–H and O–H groups in total. The average molecular weight is 397 g/mol. The molecule has 8 heteroatoms. The number of hydrogen-bond donors (Lipinski definition) is 2. The quantitative estimate of drug-likeness (QED) is 0.365. The number of hydrogen-bond acceptors (Lipinski definition) is 6. The largest absolute Gasteiger partial charge is 0.378 e. The molecule has 0 fully saturated rings. The van der Waals surface area contributed by atoms with Crippen molar-refractivity contribution in [3.05, 3.63) is 0 Å². The summed E-state index contributed by atoms with van der Waals surface area (Å²) in [6.45, 7) is 13.3. The Balaban J connectivity index is 0. The van der Waals surface area contributed by atoms with Crippen molar-refractivity contribution in [1.29, 1.82) is 0 Å². The van der Waals surface area contributed by atoms with Gasteiger partial charge in [-0.2, -0.15) is 0 Å². The van der Waals surface area contributed by atoms with E-state index >= 15 is 0 Å². The van der Waals surface area contributed by atoms with Gasteiger partial charge in [0, 0.05) is 12.5 Å². The van der Waals surface area contributed by atoms with Crippen LogP contribution in [0.25, 0.3) is 0 Å². The Kier molecular flexibility index (Phi) is 22.6. The first-order chi connectivity index (χ1) is 13.0. The molecule has 0 aromatic rings. The maximum atomic E-state index is 13.8. The Morgan fingerprint density at radius 3 is 1.85 bits per heavy atom. The van der Waals surface area contributed by atoms with Crippen LogP contribution in [0.2, 0.25) is 0 Å². The van der Waals surface area contributed by atoms with E-state index in [-0.39, 0.29) is 18.4 Å². The van der Waals surface area contributed by atoms with Crippen molar-refractivity contribution in [2.45, 2.75) is 46.9 Å². The van der Waals surface area contributed by atoms with E-state index in [0.29, 0.717) is 46.2 Å². The minimum absolute atomic E-state index is 0.0384. The highest BCUT2D eigenvalue weighted by Crippen LogP contribution is 2.03. The van der Waals surface area contributed by atoms with Gasteiger partial charge >= 0.3 is 0 Å². The highest BCUT2D eigenvalue weighted by molar-refractivity contribution is 5.77. The van der Waals surface area contributed by atoms with Crippen molar-refractivity contribution in [2.24, 2.45) is 5.92 Å². The van der Waals surface area contributed by atoms with Crippen LogP contribution in [0, 0.1) is 5.92 Å². The molecule has 0 aromatic heterocycles. The SMILES string of the molecule is CC.CNCCOCCOCCOCCOC(C)C(F)CNC(=O)C(C)C. The molecule has 2 unspecified atom stereocenters. The Bertz CT molecular complexity index is 322. The zero-order valence-electron chi connectivity index (χ0n) is 18.0. The molecule has 0 aromatic carbocycles. The fourth-order valence-corrected chi connectivity index (χ4v) is 1.68. The lowest BCUT2D eigenvalue weighted by Gasteiger charge is -2.18. The summed E-state index contributed by atoms with van der Waals surface area (Å²) in [4.78, 5) is 11.4. The molecule has 0 saturated heterocycles. The second kappa shape index (κ2) is 21.5. The number of halogens is 1. The van der Waals surface area contributed by atoms with Crippen molar-refractivity contribution in [2.75, 3.05) is 66.4 Å². The van der Waals surface area contributed by atoms with Crippen LogP contribution in [0.3, 0.4) is 0 Å². The van der Waals surface area contributed by atoms with Gasteiger partial charge in [-0.25, -0.2) is 4.39 Å². The smallest absolute Gasteiger partial charge is 0.222 e. The second-order valence-electron chi connectivity index (χ2n) is 5.93. The summed E-state index contributed by atoms with van der Waals surface area (Å²) in [6.07, 6.45) is -1.84. The molecule has 0 saturated carbocycles. The number of rotatable bonds is 17. The van der Waals surface area contributed by atoms with Gasteiger partial charge in [-0.1, -0.05) is 27.7 Å². The first kappa shape index (κ1) is 28.4. The predicted molar refractivity (Wildman–Crippen MR) is 106 cm³/mol. The van der Waals surface area contributed by atoms with Crippen molar-refractivity contribution in [3.63, 3.8) is 0 Å². The Hall–Kier alpha value is -0.800. The number of carbonyl (C=O) groups excluding carboxylic acids is 1. The summed E-state index contributed by atoms with van der Waals surface area (Å²) < 4.78 is 35.2. The standard InChI is InChI=1S/C17H35FN2O5.C2H6/c1-14(2)17(21)20-13-16(18)15(3)25-12-11-24-10-9-23-8-7-22-6-5-19-4;1-2/h14-16,19H,5-13H2,1-4H3,(H,20,21);1-2H3. The second-order valence-corrected chi connectivity index (χ2v) is 5.93. The maximum absolute atomic E-state index is 13.8. The molecular weight excluding hydrogens is 355 g/mol. The van der Waals surface area contributed by atoms with Gasteiger partial charge in [-0.05, 0) is 14.0 Å². The molecule has 27 heavy (non-hydrogen) atoms. The number of alkyl halides is 1. The number of likely N-dealkylation sites (N-methyl/N-ethyl adjacent to an activating group) is 1. The van der Waals surface area contributed by atoms with Gasteiger partial charge in [0.1, 0.15) is 6.17 Å². The minimum atomic E-state index is -1.24. The van der Waals surface area contributed by atoms with Crippen LogP contribution >= 0.6 is 0 Å². The van der Waals surface area contributed by atoms with E-state index in [1.807, 2.05) is 20.9 Å². The third-order valence-electron chi connectivity index (χ3n) is 3.35. The first-order valence-electron chi connectivity index (χ1n) is 9.90. The molecule has 0 rings (SSSR count). The van der Waals surface area contributed by atoms with E-state index in [1.54, 1.807) is 20.8 Å². The molecule has 0 aliphatic heterocycles. The average Bonchev–Trinajstić information content (AvgIpc) is 2.67. The third kappa shape index (κ3) is 19.8. The van der Waals surface area contributed by atoms with E-state index in [1.165, 1.54) is 0 Å². The molecule has 1 amide bonds. The van der Waals surface area contributed by atoms with E-state index in [9.17, 15) is 9.18 Å². The van der Waals surface area contributed by atoms with Crippen LogP contribution in [0.5, 0.6) is 0 Å².